The predicted molar refractivity (Wildman–Crippen MR) is 72.3 cm³/mol. The highest BCUT2D eigenvalue weighted by Gasteiger charge is 2.37. The smallest absolute Gasteiger partial charge is 0.207 e. The van der Waals surface area contributed by atoms with Crippen LogP contribution in [0.15, 0.2) is 15.0 Å². The van der Waals surface area contributed by atoms with E-state index in [4.69, 9.17) is 9.98 Å². The van der Waals surface area contributed by atoms with Gasteiger partial charge in [0.05, 0.1) is 13.1 Å². The first-order chi connectivity index (χ1) is 8.93. The van der Waals surface area contributed by atoms with E-state index in [9.17, 15) is 0 Å². The Morgan fingerprint density at radius 2 is 1.78 bits per heavy atom. The Bertz CT molecular complexity index is 450. The van der Waals surface area contributed by atoms with Gasteiger partial charge in [-0.3, -0.25) is 24.8 Å². The van der Waals surface area contributed by atoms with Gasteiger partial charge < -0.3 is 0 Å². The van der Waals surface area contributed by atoms with E-state index in [0.29, 0.717) is 5.92 Å². The first-order valence-corrected chi connectivity index (χ1v) is 7.11. The molecule has 1 saturated heterocycles. The molecule has 18 heavy (non-hydrogen) atoms. The fraction of sp³-hybridized carbons (Fsp3) is 0.769. The molecule has 0 aromatic carbocycles. The molecule has 5 nitrogen and oxygen atoms in total. The van der Waals surface area contributed by atoms with Gasteiger partial charge in [0.15, 0.2) is 0 Å². The van der Waals surface area contributed by atoms with Crippen LogP contribution in [0.2, 0.25) is 0 Å². The van der Waals surface area contributed by atoms with Crippen molar-refractivity contribution < 1.29 is 0 Å². The lowest BCUT2D eigenvalue weighted by atomic mass is 9.92. The second-order valence-electron chi connectivity index (χ2n) is 5.40. The van der Waals surface area contributed by atoms with Gasteiger partial charge in [0.1, 0.15) is 11.7 Å². The van der Waals surface area contributed by atoms with Crippen LogP contribution >= 0.6 is 0 Å². The van der Waals surface area contributed by atoms with Crippen LogP contribution in [0.1, 0.15) is 25.7 Å². The van der Waals surface area contributed by atoms with Crippen LogP contribution in [-0.2, 0) is 0 Å². The summed E-state index contributed by atoms with van der Waals surface area (Å²) in [5, 5.41) is 0. The fourth-order valence-electron chi connectivity index (χ4n) is 3.48. The minimum absolute atomic E-state index is 0.632. The topological polar surface area (TPSA) is 43.6 Å². The van der Waals surface area contributed by atoms with Gasteiger partial charge in [0.2, 0.25) is 5.96 Å². The minimum atomic E-state index is 0.632. The predicted octanol–water partition coefficient (Wildman–Crippen LogP) is 0.974. The number of guanidine groups is 1. The molecule has 0 spiro atoms. The highest BCUT2D eigenvalue weighted by atomic mass is 15.5. The van der Waals surface area contributed by atoms with Gasteiger partial charge in [-0.05, 0) is 19.3 Å². The highest BCUT2D eigenvalue weighted by molar-refractivity contribution is 6.10. The Hall–Kier alpha value is -1.39. The Labute approximate surface area is 107 Å². The van der Waals surface area contributed by atoms with Crippen molar-refractivity contribution in [3.8, 4) is 0 Å². The van der Waals surface area contributed by atoms with Crippen molar-refractivity contribution in [2.45, 2.75) is 25.7 Å². The van der Waals surface area contributed by atoms with Crippen LogP contribution in [0.4, 0.5) is 0 Å². The Kier molecular flexibility index (Phi) is 2.38. The second kappa shape index (κ2) is 4.07. The van der Waals surface area contributed by atoms with Gasteiger partial charge in [0.25, 0.3) is 0 Å². The Morgan fingerprint density at radius 3 is 2.78 bits per heavy atom. The quantitative estimate of drug-likeness (QED) is 0.638. The molecule has 4 heterocycles. The van der Waals surface area contributed by atoms with E-state index in [-0.39, 0.29) is 0 Å². The monoisotopic (exact) mass is 245 g/mol. The summed E-state index contributed by atoms with van der Waals surface area (Å²) in [6.07, 6.45) is 4.83. The van der Waals surface area contributed by atoms with Crippen LogP contribution in [0.25, 0.3) is 0 Å². The first-order valence-electron chi connectivity index (χ1n) is 7.11. The summed E-state index contributed by atoms with van der Waals surface area (Å²) < 4.78 is 0. The number of hydrogen-bond donors (Lipinski definition) is 0. The van der Waals surface area contributed by atoms with Gasteiger partial charge in [-0.1, -0.05) is 0 Å². The molecule has 0 aliphatic carbocycles. The van der Waals surface area contributed by atoms with Gasteiger partial charge >= 0.3 is 0 Å². The third-order valence-corrected chi connectivity index (χ3v) is 4.33. The van der Waals surface area contributed by atoms with Crippen LogP contribution in [-0.4, -0.2) is 60.2 Å². The largest absolute Gasteiger partial charge is 0.299 e. The zero-order valence-corrected chi connectivity index (χ0v) is 10.7. The summed E-state index contributed by atoms with van der Waals surface area (Å²) >= 11 is 0. The maximum absolute atomic E-state index is 4.81. The molecule has 0 aromatic rings. The van der Waals surface area contributed by atoms with Crippen LogP contribution in [0.3, 0.4) is 0 Å². The van der Waals surface area contributed by atoms with Crippen molar-refractivity contribution in [2.75, 3.05) is 32.7 Å². The molecule has 0 amide bonds. The van der Waals surface area contributed by atoms with E-state index in [1.165, 1.54) is 30.9 Å². The molecule has 0 N–H and O–H groups in total. The van der Waals surface area contributed by atoms with Gasteiger partial charge in [-0.25, -0.2) is 0 Å². The lowest BCUT2D eigenvalue weighted by Gasteiger charge is -2.37. The van der Waals surface area contributed by atoms with Crippen molar-refractivity contribution in [2.24, 2.45) is 20.9 Å². The molecule has 1 fully saturated rings. The number of hydrogen-bond acceptors (Lipinski definition) is 5. The molecule has 0 aromatic heterocycles. The first kappa shape index (κ1) is 10.5. The average molecular weight is 245 g/mol. The Morgan fingerprint density at radius 1 is 0.889 bits per heavy atom. The third kappa shape index (κ3) is 1.49. The van der Waals surface area contributed by atoms with Gasteiger partial charge in [-0.15, -0.1) is 0 Å². The average Bonchev–Trinajstić information content (AvgIpc) is 3.02. The molecule has 1 unspecified atom stereocenters. The summed E-state index contributed by atoms with van der Waals surface area (Å²) in [6.45, 7) is 4.85. The number of amidine groups is 2. The summed E-state index contributed by atoms with van der Waals surface area (Å²) in [6, 6.07) is 0. The van der Waals surface area contributed by atoms with E-state index in [2.05, 4.69) is 14.8 Å². The van der Waals surface area contributed by atoms with Crippen LogP contribution in [0.5, 0.6) is 0 Å². The number of nitrogens with zero attached hydrogens (tertiary/aromatic N) is 5. The standard InChI is InChI=1S/C13H19N5/c1-2-10-3-4-11-14-6-8-17(11)13-16-7-9-18(13)12(10)15-5-1/h10H,1-9H2. The zero-order valence-electron chi connectivity index (χ0n) is 10.7. The molecule has 4 aliphatic rings. The van der Waals surface area contributed by atoms with E-state index in [1.54, 1.807) is 0 Å². The SMILES string of the molecule is C1CN=C2C(C1)CCC1=NCCN1C1=NCCN21. The molecular weight excluding hydrogens is 226 g/mol. The maximum atomic E-state index is 4.81. The van der Waals surface area contributed by atoms with Crippen molar-refractivity contribution >= 4 is 17.6 Å². The second-order valence-corrected chi connectivity index (χ2v) is 5.40. The van der Waals surface area contributed by atoms with Crippen molar-refractivity contribution in [1.29, 1.82) is 0 Å². The molecule has 0 radical (unpaired) electrons. The molecular formula is C13H19N5. The van der Waals surface area contributed by atoms with E-state index >= 15 is 0 Å². The van der Waals surface area contributed by atoms with Crippen LogP contribution < -0.4 is 0 Å². The summed E-state index contributed by atoms with van der Waals surface area (Å²) in [7, 11) is 0. The molecule has 96 valence electrons. The van der Waals surface area contributed by atoms with E-state index in [1.807, 2.05) is 0 Å². The van der Waals surface area contributed by atoms with Crippen molar-refractivity contribution in [1.82, 2.24) is 9.80 Å². The summed E-state index contributed by atoms with van der Waals surface area (Å²) in [5.74, 6) is 4.32. The normalized spacial score (nSPS) is 30.7. The van der Waals surface area contributed by atoms with Crippen molar-refractivity contribution in [3.63, 3.8) is 0 Å². The number of aliphatic imine (C=N–C) groups is 3. The third-order valence-electron chi connectivity index (χ3n) is 4.33. The van der Waals surface area contributed by atoms with E-state index in [0.717, 1.165) is 45.1 Å². The molecule has 1 atom stereocenters. The molecule has 0 saturated carbocycles. The van der Waals surface area contributed by atoms with Gasteiger partial charge in [-0.2, -0.15) is 0 Å². The Balaban J connectivity index is 1.74. The van der Waals surface area contributed by atoms with Crippen LogP contribution in [0, 0.1) is 5.92 Å². The molecule has 5 heteroatoms. The maximum Gasteiger partial charge on any atom is 0.207 e. The molecule has 4 rings (SSSR count). The summed E-state index contributed by atoms with van der Waals surface area (Å²) in [5.41, 5.74) is 0. The minimum Gasteiger partial charge on any atom is -0.299 e. The number of fused-ring (bicyclic) bond motifs is 5. The molecule has 4 aliphatic heterocycles. The van der Waals surface area contributed by atoms with Gasteiger partial charge in [0, 0.05) is 32.0 Å². The van der Waals surface area contributed by atoms with Crippen molar-refractivity contribution in [3.05, 3.63) is 0 Å². The summed E-state index contributed by atoms with van der Waals surface area (Å²) in [4.78, 5) is 18.8. The number of rotatable bonds is 0. The lowest BCUT2D eigenvalue weighted by Crippen LogP contribution is -2.51. The zero-order chi connectivity index (χ0) is 11.9. The lowest BCUT2D eigenvalue weighted by molar-refractivity contribution is 0.442. The molecule has 0 bridgehead atoms. The van der Waals surface area contributed by atoms with E-state index < -0.39 is 0 Å². The highest BCUT2D eigenvalue weighted by Crippen LogP contribution is 2.28. The fourth-order valence-corrected chi connectivity index (χ4v) is 3.48.